The highest BCUT2D eigenvalue weighted by atomic mass is 16.5. The van der Waals surface area contributed by atoms with Crippen molar-refractivity contribution >= 4 is 0 Å². The number of methoxy groups -OCH3 is 1. The van der Waals surface area contributed by atoms with E-state index in [9.17, 15) is 0 Å². The summed E-state index contributed by atoms with van der Waals surface area (Å²) in [6.07, 6.45) is 2.51. The Labute approximate surface area is 116 Å². The molecule has 0 heterocycles. The third-order valence-electron chi connectivity index (χ3n) is 3.88. The fourth-order valence-corrected chi connectivity index (χ4v) is 2.66. The lowest BCUT2D eigenvalue weighted by atomic mass is 9.74. The van der Waals surface area contributed by atoms with Crippen LogP contribution in [0.25, 0.3) is 0 Å². The number of hydrogen-bond donors (Lipinski definition) is 1. The van der Waals surface area contributed by atoms with Crippen LogP contribution in [-0.4, -0.2) is 39.5 Å². The van der Waals surface area contributed by atoms with Crippen LogP contribution in [0.2, 0.25) is 0 Å². The van der Waals surface area contributed by atoms with Gasteiger partial charge in [0.15, 0.2) is 0 Å². The monoisotopic (exact) mass is 263 g/mol. The van der Waals surface area contributed by atoms with Crippen LogP contribution >= 0.6 is 0 Å². The fourth-order valence-electron chi connectivity index (χ4n) is 2.66. The summed E-state index contributed by atoms with van der Waals surface area (Å²) >= 11 is 0. The largest absolute Gasteiger partial charge is 0.382 e. The average molecular weight is 263 g/mol. The highest BCUT2D eigenvalue weighted by molar-refractivity contribution is 5.31. The van der Waals surface area contributed by atoms with Gasteiger partial charge in [-0.15, -0.1) is 0 Å². The standard InChI is InChI=1S/C16H25NO2/c1-13-5-3-4-6-16(13)14-11-15(12-14)17-7-8-19-10-9-18-2/h3-6,14-15,17H,7-12H2,1-2H3. The first-order chi connectivity index (χ1) is 9.31. The third kappa shape index (κ3) is 4.30. The van der Waals surface area contributed by atoms with Crippen molar-refractivity contribution in [3.05, 3.63) is 35.4 Å². The Kier molecular flexibility index (Phi) is 5.83. The first-order valence-corrected chi connectivity index (χ1v) is 7.17. The fraction of sp³-hybridized carbons (Fsp3) is 0.625. The maximum atomic E-state index is 5.44. The molecule has 3 heteroatoms. The van der Waals surface area contributed by atoms with Crippen molar-refractivity contribution in [3.8, 4) is 0 Å². The van der Waals surface area contributed by atoms with Crippen LogP contribution in [0, 0.1) is 6.92 Å². The summed E-state index contributed by atoms with van der Waals surface area (Å²) in [5.74, 6) is 0.744. The second-order valence-corrected chi connectivity index (χ2v) is 5.28. The third-order valence-corrected chi connectivity index (χ3v) is 3.88. The number of aryl methyl sites for hydroxylation is 1. The average Bonchev–Trinajstić information content (AvgIpc) is 2.37. The summed E-state index contributed by atoms with van der Waals surface area (Å²) in [5, 5.41) is 3.55. The minimum atomic E-state index is 0.663. The molecule has 1 fully saturated rings. The summed E-state index contributed by atoms with van der Waals surface area (Å²) in [6, 6.07) is 9.40. The van der Waals surface area contributed by atoms with E-state index in [1.165, 1.54) is 24.0 Å². The highest BCUT2D eigenvalue weighted by Crippen LogP contribution is 2.38. The van der Waals surface area contributed by atoms with Crippen molar-refractivity contribution in [1.29, 1.82) is 0 Å². The molecule has 1 aromatic carbocycles. The zero-order chi connectivity index (χ0) is 13.5. The Morgan fingerprint density at radius 3 is 2.68 bits per heavy atom. The number of nitrogens with one attached hydrogen (secondary N) is 1. The van der Waals surface area contributed by atoms with Gasteiger partial charge in [0.2, 0.25) is 0 Å². The molecule has 0 atom stereocenters. The van der Waals surface area contributed by atoms with Crippen LogP contribution in [0.4, 0.5) is 0 Å². The second-order valence-electron chi connectivity index (χ2n) is 5.28. The van der Waals surface area contributed by atoms with E-state index in [4.69, 9.17) is 9.47 Å². The molecule has 1 aliphatic carbocycles. The Balaban J connectivity index is 1.58. The molecular formula is C16H25NO2. The molecule has 0 aliphatic heterocycles. The number of benzene rings is 1. The molecule has 0 amide bonds. The van der Waals surface area contributed by atoms with Gasteiger partial charge in [-0.3, -0.25) is 0 Å². The van der Waals surface area contributed by atoms with E-state index in [2.05, 4.69) is 36.5 Å². The Morgan fingerprint density at radius 1 is 1.16 bits per heavy atom. The summed E-state index contributed by atoms with van der Waals surface area (Å²) in [5.41, 5.74) is 2.95. The quantitative estimate of drug-likeness (QED) is 0.731. The zero-order valence-electron chi connectivity index (χ0n) is 12.0. The molecule has 0 saturated heterocycles. The molecule has 1 aliphatic rings. The summed E-state index contributed by atoms with van der Waals surface area (Å²) in [7, 11) is 1.70. The van der Waals surface area contributed by atoms with Crippen LogP contribution in [0.1, 0.15) is 29.9 Å². The van der Waals surface area contributed by atoms with Crippen LogP contribution in [0.5, 0.6) is 0 Å². The van der Waals surface area contributed by atoms with Gasteiger partial charge < -0.3 is 14.8 Å². The second kappa shape index (κ2) is 7.63. The number of rotatable bonds is 8. The van der Waals surface area contributed by atoms with Crippen molar-refractivity contribution in [3.63, 3.8) is 0 Å². The van der Waals surface area contributed by atoms with Gasteiger partial charge in [0, 0.05) is 19.7 Å². The lowest BCUT2D eigenvalue weighted by Gasteiger charge is -2.37. The molecule has 0 aromatic heterocycles. The maximum Gasteiger partial charge on any atom is 0.0700 e. The molecule has 0 radical (unpaired) electrons. The van der Waals surface area contributed by atoms with Gasteiger partial charge in [-0.25, -0.2) is 0 Å². The lowest BCUT2D eigenvalue weighted by Crippen LogP contribution is -2.41. The van der Waals surface area contributed by atoms with Crippen molar-refractivity contribution in [2.75, 3.05) is 33.5 Å². The predicted octanol–water partition coefficient (Wildman–Crippen LogP) is 2.49. The minimum absolute atomic E-state index is 0.663. The Hall–Kier alpha value is -0.900. The highest BCUT2D eigenvalue weighted by Gasteiger charge is 2.30. The first kappa shape index (κ1) is 14.5. The summed E-state index contributed by atoms with van der Waals surface area (Å²) in [6.45, 7) is 5.29. The zero-order valence-corrected chi connectivity index (χ0v) is 12.0. The van der Waals surface area contributed by atoms with Crippen molar-refractivity contribution in [1.82, 2.24) is 5.32 Å². The predicted molar refractivity (Wildman–Crippen MR) is 77.6 cm³/mol. The molecule has 0 spiro atoms. The van der Waals surface area contributed by atoms with Crippen LogP contribution in [0.15, 0.2) is 24.3 Å². The van der Waals surface area contributed by atoms with E-state index in [-0.39, 0.29) is 0 Å². The van der Waals surface area contributed by atoms with Gasteiger partial charge in [-0.2, -0.15) is 0 Å². The molecule has 1 saturated carbocycles. The molecule has 1 aromatic rings. The van der Waals surface area contributed by atoms with Gasteiger partial charge in [0.05, 0.1) is 19.8 Å². The van der Waals surface area contributed by atoms with Gasteiger partial charge in [0.1, 0.15) is 0 Å². The summed E-state index contributed by atoms with van der Waals surface area (Å²) < 4.78 is 10.4. The van der Waals surface area contributed by atoms with Gasteiger partial charge in [-0.1, -0.05) is 24.3 Å². The van der Waals surface area contributed by atoms with E-state index < -0.39 is 0 Å². The summed E-state index contributed by atoms with van der Waals surface area (Å²) in [4.78, 5) is 0. The molecule has 0 unspecified atom stereocenters. The smallest absolute Gasteiger partial charge is 0.0700 e. The Morgan fingerprint density at radius 2 is 1.95 bits per heavy atom. The molecule has 19 heavy (non-hydrogen) atoms. The van der Waals surface area contributed by atoms with Gasteiger partial charge in [-0.05, 0) is 36.8 Å². The SMILES string of the molecule is COCCOCCNC1CC(c2ccccc2C)C1. The molecule has 0 bridgehead atoms. The minimum Gasteiger partial charge on any atom is -0.382 e. The molecule has 2 rings (SSSR count). The topological polar surface area (TPSA) is 30.5 Å². The molecule has 106 valence electrons. The van der Waals surface area contributed by atoms with Gasteiger partial charge in [0.25, 0.3) is 0 Å². The van der Waals surface area contributed by atoms with E-state index >= 15 is 0 Å². The molecular weight excluding hydrogens is 238 g/mol. The lowest BCUT2D eigenvalue weighted by molar-refractivity contribution is 0.0694. The van der Waals surface area contributed by atoms with E-state index in [1.54, 1.807) is 7.11 Å². The van der Waals surface area contributed by atoms with Crippen LogP contribution in [0.3, 0.4) is 0 Å². The van der Waals surface area contributed by atoms with Crippen molar-refractivity contribution in [2.24, 2.45) is 0 Å². The number of hydrogen-bond acceptors (Lipinski definition) is 3. The van der Waals surface area contributed by atoms with Crippen molar-refractivity contribution < 1.29 is 9.47 Å². The maximum absolute atomic E-state index is 5.44. The molecule has 1 N–H and O–H groups in total. The number of ether oxygens (including phenoxy) is 2. The molecule has 3 nitrogen and oxygen atoms in total. The van der Waals surface area contributed by atoms with Gasteiger partial charge >= 0.3 is 0 Å². The van der Waals surface area contributed by atoms with E-state index in [0.29, 0.717) is 19.3 Å². The normalized spacial score (nSPS) is 22.2. The van der Waals surface area contributed by atoms with Crippen molar-refractivity contribution in [2.45, 2.75) is 31.7 Å². The van der Waals surface area contributed by atoms with Crippen LogP contribution in [-0.2, 0) is 9.47 Å². The first-order valence-electron chi connectivity index (χ1n) is 7.17. The van der Waals surface area contributed by atoms with E-state index in [1.807, 2.05) is 0 Å². The van der Waals surface area contributed by atoms with E-state index in [0.717, 1.165) is 19.1 Å². The Bertz CT molecular complexity index is 375. The van der Waals surface area contributed by atoms with Crippen LogP contribution < -0.4 is 5.32 Å².